The maximum Gasteiger partial charge on any atom is 0.119 e. The summed E-state index contributed by atoms with van der Waals surface area (Å²) < 4.78 is 5.30. The summed E-state index contributed by atoms with van der Waals surface area (Å²) in [5.74, 6) is 0.896. The Bertz CT molecular complexity index is 541. The third-order valence-electron chi connectivity index (χ3n) is 3.80. The van der Waals surface area contributed by atoms with E-state index in [1.165, 1.54) is 11.1 Å². The lowest BCUT2D eigenvalue weighted by molar-refractivity contribution is 0.202. The van der Waals surface area contributed by atoms with Crippen molar-refractivity contribution < 1.29 is 4.74 Å². The quantitative estimate of drug-likeness (QED) is 0.848. The van der Waals surface area contributed by atoms with Crippen molar-refractivity contribution >= 4 is 11.3 Å². The summed E-state index contributed by atoms with van der Waals surface area (Å²) in [6.45, 7) is 2.99. The van der Waals surface area contributed by atoms with Crippen molar-refractivity contribution in [3.05, 3.63) is 52.2 Å². The van der Waals surface area contributed by atoms with Gasteiger partial charge in [-0.3, -0.25) is 4.90 Å². The Hall–Kier alpha value is -1.36. The van der Waals surface area contributed by atoms with Crippen LogP contribution < -0.4 is 10.5 Å². The van der Waals surface area contributed by atoms with Gasteiger partial charge in [0.05, 0.1) is 13.2 Å². The molecule has 0 radical (unpaired) electrons. The molecule has 21 heavy (non-hydrogen) atoms. The first-order valence-corrected chi connectivity index (χ1v) is 8.20. The van der Waals surface area contributed by atoms with Gasteiger partial charge >= 0.3 is 0 Å². The summed E-state index contributed by atoms with van der Waals surface area (Å²) >= 11 is 1.72. The molecule has 1 heterocycles. The topological polar surface area (TPSA) is 38.5 Å². The predicted octanol–water partition coefficient (Wildman–Crippen LogP) is 3.67. The van der Waals surface area contributed by atoms with E-state index >= 15 is 0 Å². The number of nitrogens with two attached hydrogens (primary N) is 1. The van der Waals surface area contributed by atoms with E-state index in [1.807, 2.05) is 12.1 Å². The molecule has 0 aliphatic carbocycles. The minimum Gasteiger partial charge on any atom is -0.497 e. The fraction of sp³-hybridized carbons (Fsp3) is 0.412. The highest BCUT2D eigenvalue weighted by Crippen LogP contribution is 2.27. The van der Waals surface area contributed by atoms with E-state index in [4.69, 9.17) is 10.5 Å². The summed E-state index contributed by atoms with van der Waals surface area (Å²) in [7, 11) is 3.83. The lowest BCUT2D eigenvalue weighted by atomic mass is 9.98. The zero-order valence-corrected chi connectivity index (χ0v) is 13.8. The second-order valence-electron chi connectivity index (χ2n) is 5.34. The molecule has 2 unspecified atom stereocenters. The van der Waals surface area contributed by atoms with Crippen LogP contribution in [0.1, 0.15) is 30.5 Å². The van der Waals surface area contributed by atoms with Crippen LogP contribution in [0.15, 0.2) is 41.1 Å². The monoisotopic (exact) mass is 304 g/mol. The number of hydrogen-bond acceptors (Lipinski definition) is 4. The Morgan fingerprint density at radius 2 is 2.14 bits per heavy atom. The number of thiophene rings is 1. The molecule has 0 aliphatic rings. The molecule has 2 N–H and O–H groups in total. The first-order valence-electron chi connectivity index (χ1n) is 7.26. The van der Waals surface area contributed by atoms with Crippen LogP contribution in [-0.4, -0.2) is 25.1 Å². The molecule has 0 saturated heterocycles. The molecule has 0 fully saturated rings. The molecular formula is C17H24N2OS. The van der Waals surface area contributed by atoms with Crippen LogP contribution in [0.4, 0.5) is 0 Å². The smallest absolute Gasteiger partial charge is 0.119 e. The van der Waals surface area contributed by atoms with Gasteiger partial charge in [0.2, 0.25) is 0 Å². The molecular weight excluding hydrogens is 280 g/mol. The third kappa shape index (κ3) is 4.06. The van der Waals surface area contributed by atoms with Crippen molar-refractivity contribution in [1.82, 2.24) is 4.90 Å². The van der Waals surface area contributed by atoms with Gasteiger partial charge in [0.1, 0.15) is 5.75 Å². The van der Waals surface area contributed by atoms with Crippen molar-refractivity contribution in [2.24, 2.45) is 5.73 Å². The highest BCUT2D eigenvalue weighted by Gasteiger charge is 2.23. The molecule has 0 amide bonds. The largest absolute Gasteiger partial charge is 0.497 e. The van der Waals surface area contributed by atoms with Gasteiger partial charge < -0.3 is 10.5 Å². The summed E-state index contributed by atoms with van der Waals surface area (Å²) in [6, 6.07) is 10.8. The van der Waals surface area contributed by atoms with Gasteiger partial charge in [-0.15, -0.1) is 0 Å². The van der Waals surface area contributed by atoms with Crippen LogP contribution in [0.5, 0.6) is 5.75 Å². The normalized spacial score (nSPS) is 14.1. The maximum atomic E-state index is 6.36. The second-order valence-corrected chi connectivity index (χ2v) is 6.12. The van der Waals surface area contributed by atoms with Gasteiger partial charge in [0.15, 0.2) is 0 Å². The minimum atomic E-state index is 0.134. The highest BCUT2D eigenvalue weighted by molar-refractivity contribution is 7.07. The van der Waals surface area contributed by atoms with Crippen molar-refractivity contribution in [1.29, 1.82) is 0 Å². The van der Waals surface area contributed by atoms with Gasteiger partial charge in [-0.05, 0) is 53.6 Å². The SMILES string of the molecule is CCC(N)C(c1ccsc1)N(C)Cc1cccc(OC)c1. The maximum absolute atomic E-state index is 6.36. The Balaban J connectivity index is 2.16. The molecule has 4 heteroatoms. The molecule has 1 aromatic carbocycles. The van der Waals surface area contributed by atoms with Gasteiger partial charge in [-0.2, -0.15) is 11.3 Å². The van der Waals surface area contributed by atoms with Crippen molar-refractivity contribution in [2.45, 2.75) is 32.0 Å². The second kappa shape index (κ2) is 7.59. The Morgan fingerprint density at radius 1 is 1.33 bits per heavy atom. The molecule has 0 aliphatic heterocycles. The van der Waals surface area contributed by atoms with E-state index in [2.05, 4.69) is 47.8 Å². The first kappa shape index (κ1) is 16.0. The Morgan fingerprint density at radius 3 is 2.76 bits per heavy atom. The molecule has 2 atom stereocenters. The summed E-state index contributed by atoms with van der Waals surface area (Å²) in [4.78, 5) is 2.32. The average Bonchev–Trinajstić information content (AvgIpc) is 3.01. The zero-order valence-electron chi connectivity index (χ0n) is 13.0. The molecule has 3 nitrogen and oxygen atoms in total. The van der Waals surface area contributed by atoms with Gasteiger partial charge in [-0.1, -0.05) is 19.1 Å². The number of ether oxygens (including phenoxy) is 1. The number of nitrogens with zero attached hydrogens (tertiary/aromatic N) is 1. The van der Waals surface area contributed by atoms with E-state index in [0.717, 1.165) is 18.7 Å². The summed E-state index contributed by atoms with van der Waals surface area (Å²) in [5.41, 5.74) is 8.90. The number of rotatable bonds is 7. The number of methoxy groups -OCH3 is 1. The molecule has 114 valence electrons. The molecule has 2 aromatic rings. The Kier molecular flexibility index (Phi) is 5.79. The van der Waals surface area contributed by atoms with E-state index in [0.29, 0.717) is 0 Å². The molecule has 2 rings (SSSR count). The van der Waals surface area contributed by atoms with Gasteiger partial charge in [0, 0.05) is 12.6 Å². The number of likely N-dealkylation sites (N-methyl/N-ethyl adjacent to an activating group) is 1. The zero-order chi connectivity index (χ0) is 15.2. The van der Waals surface area contributed by atoms with Crippen LogP contribution >= 0.6 is 11.3 Å². The van der Waals surface area contributed by atoms with Crippen LogP contribution in [-0.2, 0) is 6.54 Å². The first-order chi connectivity index (χ1) is 10.2. The number of benzene rings is 1. The van der Waals surface area contributed by atoms with E-state index in [-0.39, 0.29) is 12.1 Å². The summed E-state index contributed by atoms with van der Waals surface area (Å²) in [5, 5.41) is 4.31. The van der Waals surface area contributed by atoms with Crippen LogP contribution in [0, 0.1) is 0 Å². The van der Waals surface area contributed by atoms with Crippen LogP contribution in [0.2, 0.25) is 0 Å². The highest BCUT2D eigenvalue weighted by atomic mass is 32.1. The fourth-order valence-electron chi connectivity index (χ4n) is 2.65. The fourth-order valence-corrected chi connectivity index (χ4v) is 3.34. The molecule has 0 spiro atoms. The average molecular weight is 304 g/mol. The predicted molar refractivity (Wildman–Crippen MR) is 89.8 cm³/mol. The summed E-state index contributed by atoms with van der Waals surface area (Å²) in [6.07, 6.45) is 0.961. The van der Waals surface area contributed by atoms with Crippen LogP contribution in [0.3, 0.4) is 0 Å². The van der Waals surface area contributed by atoms with E-state index in [1.54, 1.807) is 18.4 Å². The van der Waals surface area contributed by atoms with Crippen molar-refractivity contribution in [3.63, 3.8) is 0 Å². The van der Waals surface area contributed by atoms with Crippen molar-refractivity contribution in [3.8, 4) is 5.75 Å². The molecule has 0 bridgehead atoms. The third-order valence-corrected chi connectivity index (χ3v) is 4.50. The number of hydrogen-bond donors (Lipinski definition) is 1. The lowest BCUT2D eigenvalue weighted by Crippen LogP contribution is -2.38. The Labute approximate surface area is 131 Å². The van der Waals surface area contributed by atoms with Crippen molar-refractivity contribution in [2.75, 3.05) is 14.2 Å². The van der Waals surface area contributed by atoms with Crippen LogP contribution in [0.25, 0.3) is 0 Å². The molecule has 0 saturated carbocycles. The lowest BCUT2D eigenvalue weighted by Gasteiger charge is -2.32. The van der Waals surface area contributed by atoms with E-state index in [9.17, 15) is 0 Å². The molecule has 1 aromatic heterocycles. The standard InChI is InChI=1S/C17H24N2OS/c1-4-16(18)17(14-8-9-21-12-14)19(2)11-13-6-5-7-15(10-13)20-3/h5-10,12,16-17H,4,11,18H2,1-3H3. The minimum absolute atomic E-state index is 0.134. The van der Waals surface area contributed by atoms with Gasteiger partial charge in [-0.25, -0.2) is 0 Å². The van der Waals surface area contributed by atoms with E-state index < -0.39 is 0 Å². The van der Waals surface area contributed by atoms with Gasteiger partial charge in [0.25, 0.3) is 0 Å².